The van der Waals surface area contributed by atoms with Gasteiger partial charge >= 0.3 is 0 Å². The first-order valence-electron chi connectivity index (χ1n) is 10.9. The first-order valence-corrected chi connectivity index (χ1v) is 12.1. The Kier molecular flexibility index (Phi) is 5.65. The summed E-state index contributed by atoms with van der Waals surface area (Å²) in [6.07, 6.45) is 5.59. The molecule has 0 saturated carbocycles. The highest BCUT2D eigenvalue weighted by Crippen LogP contribution is 2.40. The summed E-state index contributed by atoms with van der Waals surface area (Å²) in [6, 6.07) is 7.83. The number of rotatable bonds is 3. The second kappa shape index (κ2) is 8.62. The maximum atomic E-state index is 6.19. The molecular formula is C25H23ClN6S. The Morgan fingerprint density at radius 2 is 1.91 bits per heavy atom. The highest BCUT2D eigenvalue weighted by molar-refractivity contribution is 7.15. The van der Waals surface area contributed by atoms with Crippen LogP contribution in [0.15, 0.2) is 41.7 Å². The molecule has 4 heterocycles. The van der Waals surface area contributed by atoms with E-state index in [9.17, 15) is 0 Å². The van der Waals surface area contributed by atoms with E-state index in [1.807, 2.05) is 44.4 Å². The van der Waals surface area contributed by atoms with Crippen LogP contribution in [0.1, 0.15) is 64.6 Å². The zero-order valence-corrected chi connectivity index (χ0v) is 20.5. The van der Waals surface area contributed by atoms with Gasteiger partial charge in [0.2, 0.25) is 0 Å². The molecule has 0 unspecified atom stereocenters. The highest BCUT2D eigenvalue weighted by Gasteiger charge is 2.31. The van der Waals surface area contributed by atoms with Crippen molar-refractivity contribution in [3.05, 3.63) is 80.5 Å². The number of halogens is 1. The van der Waals surface area contributed by atoms with Gasteiger partial charge in [-0.15, -0.1) is 21.5 Å². The lowest BCUT2D eigenvalue weighted by Gasteiger charge is -2.11. The van der Waals surface area contributed by atoms with Crippen molar-refractivity contribution < 1.29 is 0 Å². The fourth-order valence-corrected chi connectivity index (χ4v) is 5.43. The molecule has 0 amide bonds. The number of aryl methyl sites for hydroxylation is 2. The predicted octanol–water partition coefficient (Wildman–Crippen LogP) is 5.42. The lowest BCUT2D eigenvalue weighted by atomic mass is 9.99. The van der Waals surface area contributed by atoms with E-state index in [1.54, 1.807) is 22.2 Å². The van der Waals surface area contributed by atoms with E-state index in [0.29, 0.717) is 5.02 Å². The standard InChI is InChI=1S/C25H23ClN6S/c1-5-6-20-24-30-29-16(3)32(24)25-22(23(28-20)18-8-10-19(26)11-9-18)15(2)21(33-25)12-7-17-13-27-31(4)14-17/h8-11,13-14,20H,5-6H2,1-4H3/t20-/m0/s1. The van der Waals surface area contributed by atoms with Gasteiger partial charge in [-0.05, 0) is 38.0 Å². The van der Waals surface area contributed by atoms with Crippen LogP contribution >= 0.6 is 22.9 Å². The van der Waals surface area contributed by atoms with Crippen molar-refractivity contribution >= 4 is 28.6 Å². The average molecular weight is 475 g/mol. The molecule has 166 valence electrons. The van der Waals surface area contributed by atoms with E-state index in [4.69, 9.17) is 16.6 Å². The summed E-state index contributed by atoms with van der Waals surface area (Å²) in [6.45, 7) is 6.28. The molecule has 0 aliphatic carbocycles. The smallest absolute Gasteiger partial charge is 0.163 e. The SMILES string of the molecule is CCC[C@@H]1N=C(c2ccc(Cl)cc2)c2c(sc(C#Cc3cnn(C)c3)c2C)-n2c(C)nnc21. The van der Waals surface area contributed by atoms with Crippen molar-refractivity contribution in [3.8, 4) is 16.8 Å². The summed E-state index contributed by atoms with van der Waals surface area (Å²) in [7, 11) is 1.89. The van der Waals surface area contributed by atoms with Gasteiger partial charge in [0.15, 0.2) is 5.82 Å². The Morgan fingerprint density at radius 1 is 1.12 bits per heavy atom. The van der Waals surface area contributed by atoms with Gasteiger partial charge in [0, 0.05) is 29.4 Å². The third-order valence-corrected chi connectivity index (χ3v) is 7.15. The molecule has 33 heavy (non-hydrogen) atoms. The van der Waals surface area contributed by atoms with Gasteiger partial charge in [-0.25, -0.2) is 0 Å². The lowest BCUT2D eigenvalue weighted by Crippen LogP contribution is -2.07. The summed E-state index contributed by atoms with van der Waals surface area (Å²) in [4.78, 5) is 6.25. The molecule has 0 N–H and O–H groups in total. The molecule has 1 aliphatic rings. The molecular weight excluding hydrogens is 452 g/mol. The number of nitrogens with zero attached hydrogens (tertiary/aromatic N) is 6. The Balaban J connectivity index is 1.75. The third-order valence-electron chi connectivity index (χ3n) is 5.71. The van der Waals surface area contributed by atoms with Crippen LogP contribution in [-0.2, 0) is 7.05 Å². The molecule has 1 aliphatic heterocycles. The van der Waals surface area contributed by atoms with E-state index in [1.165, 1.54) is 0 Å². The fraction of sp³-hybridized carbons (Fsp3) is 0.280. The lowest BCUT2D eigenvalue weighted by molar-refractivity contribution is 0.597. The van der Waals surface area contributed by atoms with E-state index >= 15 is 0 Å². The number of hydrogen-bond acceptors (Lipinski definition) is 5. The summed E-state index contributed by atoms with van der Waals surface area (Å²) in [5.74, 6) is 8.35. The van der Waals surface area contributed by atoms with Gasteiger partial charge in [-0.2, -0.15) is 5.10 Å². The van der Waals surface area contributed by atoms with Gasteiger partial charge in [-0.1, -0.05) is 48.9 Å². The van der Waals surface area contributed by atoms with E-state index < -0.39 is 0 Å². The van der Waals surface area contributed by atoms with Crippen LogP contribution in [0.4, 0.5) is 0 Å². The second-order valence-electron chi connectivity index (χ2n) is 8.12. The minimum absolute atomic E-state index is 0.0641. The van der Waals surface area contributed by atoms with Crippen LogP contribution in [0.2, 0.25) is 5.02 Å². The number of fused-ring (bicyclic) bond motifs is 3. The van der Waals surface area contributed by atoms with Crippen molar-refractivity contribution in [2.45, 2.75) is 39.7 Å². The molecule has 0 radical (unpaired) electrons. The Bertz CT molecular complexity index is 1430. The third kappa shape index (κ3) is 3.90. The van der Waals surface area contributed by atoms with Gasteiger partial charge in [0.1, 0.15) is 16.9 Å². The number of aromatic nitrogens is 5. The monoisotopic (exact) mass is 474 g/mol. The summed E-state index contributed by atoms with van der Waals surface area (Å²) in [5, 5.41) is 14.9. The molecule has 0 spiro atoms. The van der Waals surface area contributed by atoms with Crippen LogP contribution in [-0.4, -0.2) is 30.3 Å². The van der Waals surface area contributed by atoms with Gasteiger partial charge < -0.3 is 0 Å². The van der Waals surface area contributed by atoms with Crippen molar-refractivity contribution in [1.82, 2.24) is 24.5 Å². The Morgan fingerprint density at radius 3 is 2.61 bits per heavy atom. The molecule has 0 fully saturated rings. The zero-order chi connectivity index (χ0) is 23.1. The molecule has 0 saturated heterocycles. The molecule has 3 aromatic heterocycles. The Hall–Kier alpha value is -3.21. The molecule has 4 aromatic rings. The molecule has 0 bridgehead atoms. The zero-order valence-electron chi connectivity index (χ0n) is 18.9. The molecule has 1 atom stereocenters. The molecule has 5 rings (SSSR count). The first kappa shape index (κ1) is 21.6. The van der Waals surface area contributed by atoms with Crippen molar-refractivity contribution in [2.24, 2.45) is 12.0 Å². The first-order chi connectivity index (χ1) is 16.0. The van der Waals surface area contributed by atoms with Gasteiger partial charge in [-0.3, -0.25) is 14.2 Å². The number of thiophene rings is 1. The maximum Gasteiger partial charge on any atom is 0.163 e. The van der Waals surface area contributed by atoms with Gasteiger partial charge in [0.05, 0.1) is 22.3 Å². The van der Waals surface area contributed by atoms with E-state index in [-0.39, 0.29) is 6.04 Å². The van der Waals surface area contributed by atoms with Crippen LogP contribution in [0.3, 0.4) is 0 Å². The van der Waals surface area contributed by atoms with Gasteiger partial charge in [0.25, 0.3) is 0 Å². The highest BCUT2D eigenvalue weighted by atomic mass is 35.5. The van der Waals surface area contributed by atoms with Crippen molar-refractivity contribution in [2.75, 3.05) is 0 Å². The number of hydrogen-bond donors (Lipinski definition) is 0. The summed E-state index contributed by atoms with van der Waals surface area (Å²) < 4.78 is 3.92. The number of aliphatic imine (C=N–C) groups is 1. The van der Waals surface area contributed by atoms with E-state index in [2.05, 4.69) is 45.6 Å². The minimum Gasteiger partial charge on any atom is -0.275 e. The normalized spacial score (nSPS) is 14.7. The molecule has 1 aromatic carbocycles. The van der Waals surface area contributed by atoms with Crippen LogP contribution in [0.25, 0.3) is 5.00 Å². The molecule has 6 nitrogen and oxygen atoms in total. The maximum absolute atomic E-state index is 6.19. The quantitative estimate of drug-likeness (QED) is 0.372. The average Bonchev–Trinajstić information content (AvgIpc) is 3.45. The summed E-state index contributed by atoms with van der Waals surface area (Å²) >= 11 is 7.85. The van der Waals surface area contributed by atoms with Crippen LogP contribution in [0.5, 0.6) is 0 Å². The fourth-order valence-electron chi connectivity index (χ4n) is 4.09. The minimum atomic E-state index is -0.0641. The van der Waals surface area contributed by atoms with E-state index in [0.717, 1.165) is 62.3 Å². The molecule has 8 heteroatoms. The second-order valence-corrected chi connectivity index (χ2v) is 9.55. The summed E-state index contributed by atoms with van der Waals surface area (Å²) in [5.41, 5.74) is 5.06. The predicted molar refractivity (Wildman–Crippen MR) is 133 cm³/mol. The number of benzene rings is 1. The van der Waals surface area contributed by atoms with Crippen molar-refractivity contribution in [1.29, 1.82) is 0 Å². The Labute approximate surface area is 202 Å². The van der Waals surface area contributed by atoms with Crippen molar-refractivity contribution in [3.63, 3.8) is 0 Å². The van der Waals surface area contributed by atoms with Crippen LogP contribution in [0, 0.1) is 25.7 Å². The van der Waals surface area contributed by atoms with Crippen LogP contribution < -0.4 is 0 Å². The topological polar surface area (TPSA) is 60.9 Å². The largest absolute Gasteiger partial charge is 0.275 e.